The van der Waals surface area contributed by atoms with Crippen molar-refractivity contribution in [1.29, 1.82) is 0 Å². The molecule has 0 aromatic carbocycles. The Morgan fingerprint density at radius 2 is 1.92 bits per heavy atom. The standard InChI is InChI=1S/C19H26O7/c1-8(2)16(21)25-11-7-18(4,23)10-6-12(20)19(5,24)14(10)15-13(11)9(3)17(22)26-15/h8,10-11,13-15,23-24H,3,6-7H2,1-2,4-5H3/t10-,11-,13?,14+,15+,18-,19+/m1/s1. The van der Waals surface area contributed by atoms with E-state index in [1.54, 1.807) is 20.8 Å². The molecule has 2 saturated carbocycles. The van der Waals surface area contributed by atoms with Gasteiger partial charge in [0.05, 0.1) is 17.4 Å². The lowest BCUT2D eigenvalue weighted by molar-refractivity contribution is -0.160. The first kappa shape index (κ1) is 19.0. The second kappa shape index (κ2) is 5.89. The fourth-order valence-corrected chi connectivity index (χ4v) is 4.69. The molecule has 144 valence electrons. The Morgan fingerprint density at radius 1 is 1.31 bits per heavy atom. The van der Waals surface area contributed by atoms with Crippen molar-refractivity contribution in [1.82, 2.24) is 0 Å². The molecule has 26 heavy (non-hydrogen) atoms. The molecule has 1 saturated heterocycles. The molecule has 7 atom stereocenters. The van der Waals surface area contributed by atoms with Crippen molar-refractivity contribution < 1.29 is 34.1 Å². The van der Waals surface area contributed by atoms with Gasteiger partial charge in [-0.3, -0.25) is 9.59 Å². The summed E-state index contributed by atoms with van der Waals surface area (Å²) in [5, 5.41) is 21.9. The SMILES string of the molecule is C=C1C(=O)O[C@H]2C1[C@H](OC(=O)C(C)C)C[C@@](C)(O)[C@@H]1CC(=O)[C@](C)(O)[C@@H]12. The maximum absolute atomic E-state index is 12.4. The molecule has 0 amide bonds. The van der Waals surface area contributed by atoms with E-state index in [4.69, 9.17) is 9.47 Å². The summed E-state index contributed by atoms with van der Waals surface area (Å²) in [6.45, 7) is 10.1. The number of carbonyl (C=O) groups is 3. The minimum Gasteiger partial charge on any atom is -0.461 e. The third kappa shape index (κ3) is 2.68. The van der Waals surface area contributed by atoms with E-state index in [-0.39, 0.29) is 24.3 Å². The monoisotopic (exact) mass is 366 g/mol. The van der Waals surface area contributed by atoms with Crippen LogP contribution in [-0.4, -0.2) is 51.3 Å². The lowest BCUT2D eigenvalue weighted by Crippen LogP contribution is -2.48. The first-order valence-electron chi connectivity index (χ1n) is 8.96. The van der Waals surface area contributed by atoms with Gasteiger partial charge in [-0.25, -0.2) is 4.79 Å². The van der Waals surface area contributed by atoms with Crippen molar-refractivity contribution in [2.75, 3.05) is 0 Å². The van der Waals surface area contributed by atoms with E-state index in [0.29, 0.717) is 0 Å². The lowest BCUT2D eigenvalue weighted by atomic mass is 9.74. The number of fused-ring (bicyclic) bond motifs is 3. The predicted octanol–water partition coefficient (Wildman–Crippen LogP) is 0.763. The van der Waals surface area contributed by atoms with E-state index in [1.807, 2.05) is 0 Å². The number of aliphatic hydroxyl groups is 2. The Morgan fingerprint density at radius 3 is 2.50 bits per heavy atom. The van der Waals surface area contributed by atoms with Crippen LogP contribution in [-0.2, 0) is 23.9 Å². The van der Waals surface area contributed by atoms with Crippen LogP contribution < -0.4 is 0 Å². The highest BCUT2D eigenvalue weighted by molar-refractivity contribution is 5.93. The molecule has 1 aliphatic heterocycles. The Balaban J connectivity index is 2.07. The van der Waals surface area contributed by atoms with Gasteiger partial charge in [0.2, 0.25) is 0 Å². The van der Waals surface area contributed by atoms with Crippen LogP contribution in [0.15, 0.2) is 12.2 Å². The van der Waals surface area contributed by atoms with E-state index < -0.39 is 58.9 Å². The maximum Gasteiger partial charge on any atom is 0.334 e. The number of Topliss-reactive ketones (excluding diaryl/α,β-unsaturated/α-hetero) is 1. The average molecular weight is 366 g/mol. The second-order valence-electron chi connectivity index (χ2n) is 8.52. The summed E-state index contributed by atoms with van der Waals surface area (Å²) in [6, 6.07) is 0. The molecule has 7 heteroatoms. The van der Waals surface area contributed by atoms with Crippen LogP contribution in [0.5, 0.6) is 0 Å². The first-order chi connectivity index (χ1) is 11.9. The number of ether oxygens (including phenoxy) is 2. The van der Waals surface area contributed by atoms with Gasteiger partial charge in [-0.1, -0.05) is 20.4 Å². The summed E-state index contributed by atoms with van der Waals surface area (Å²) < 4.78 is 11.1. The van der Waals surface area contributed by atoms with E-state index in [9.17, 15) is 24.6 Å². The summed E-state index contributed by atoms with van der Waals surface area (Å²) in [6.07, 6.45) is -1.68. The third-order valence-corrected chi connectivity index (χ3v) is 6.22. The summed E-state index contributed by atoms with van der Waals surface area (Å²) in [4.78, 5) is 36.7. The highest BCUT2D eigenvalue weighted by Crippen LogP contribution is 2.55. The zero-order valence-corrected chi connectivity index (χ0v) is 15.5. The molecule has 0 spiro atoms. The lowest BCUT2D eigenvalue weighted by Gasteiger charge is -2.36. The second-order valence-corrected chi connectivity index (χ2v) is 8.52. The summed E-state index contributed by atoms with van der Waals surface area (Å²) in [7, 11) is 0. The van der Waals surface area contributed by atoms with Gasteiger partial charge in [-0.2, -0.15) is 0 Å². The molecule has 2 aliphatic carbocycles. The van der Waals surface area contributed by atoms with Crippen LogP contribution in [0.3, 0.4) is 0 Å². The van der Waals surface area contributed by atoms with Crippen molar-refractivity contribution in [3.8, 4) is 0 Å². The van der Waals surface area contributed by atoms with Crippen molar-refractivity contribution >= 4 is 17.7 Å². The van der Waals surface area contributed by atoms with Gasteiger partial charge < -0.3 is 19.7 Å². The van der Waals surface area contributed by atoms with E-state index in [1.165, 1.54) is 6.92 Å². The minimum atomic E-state index is -1.74. The molecule has 0 radical (unpaired) electrons. The largest absolute Gasteiger partial charge is 0.461 e. The Labute approximate surface area is 152 Å². The number of hydrogen-bond donors (Lipinski definition) is 2. The third-order valence-electron chi connectivity index (χ3n) is 6.22. The van der Waals surface area contributed by atoms with Crippen LogP contribution in [0.1, 0.15) is 40.5 Å². The summed E-state index contributed by atoms with van der Waals surface area (Å²) >= 11 is 0. The van der Waals surface area contributed by atoms with Crippen molar-refractivity contribution in [3.05, 3.63) is 12.2 Å². The topological polar surface area (TPSA) is 110 Å². The molecular formula is C19H26O7. The molecule has 0 aromatic heterocycles. The molecule has 3 aliphatic rings. The van der Waals surface area contributed by atoms with Crippen molar-refractivity contribution in [2.24, 2.45) is 23.7 Å². The molecular weight excluding hydrogens is 340 g/mol. The Hall–Kier alpha value is -1.73. The smallest absolute Gasteiger partial charge is 0.334 e. The summed E-state index contributed by atoms with van der Waals surface area (Å²) in [5.74, 6) is -3.95. The van der Waals surface area contributed by atoms with E-state index in [2.05, 4.69) is 6.58 Å². The molecule has 1 unspecified atom stereocenters. The number of ketones is 1. The number of carbonyl (C=O) groups excluding carboxylic acids is 3. The zero-order chi connectivity index (χ0) is 19.6. The van der Waals surface area contributed by atoms with E-state index >= 15 is 0 Å². The van der Waals surface area contributed by atoms with E-state index in [0.717, 1.165) is 0 Å². The van der Waals surface area contributed by atoms with Crippen molar-refractivity contribution in [2.45, 2.75) is 63.9 Å². The molecule has 1 heterocycles. The Kier molecular flexibility index (Phi) is 4.31. The van der Waals surface area contributed by atoms with Crippen LogP contribution in [0.2, 0.25) is 0 Å². The Bertz CT molecular complexity index is 675. The van der Waals surface area contributed by atoms with Gasteiger partial charge in [-0.05, 0) is 13.8 Å². The number of esters is 2. The molecule has 3 rings (SSSR count). The van der Waals surface area contributed by atoms with Crippen LogP contribution in [0.4, 0.5) is 0 Å². The minimum absolute atomic E-state index is 0.0250. The van der Waals surface area contributed by atoms with Crippen LogP contribution in [0.25, 0.3) is 0 Å². The van der Waals surface area contributed by atoms with Crippen LogP contribution in [0, 0.1) is 23.7 Å². The number of rotatable bonds is 2. The number of hydrogen-bond acceptors (Lipinski definition) is 7. The summed E-state index contributed by atoms with van der Waals surface area (Å²) in [5.41, 5.74) is -2.97. The molecule has 0 aromatic rings. The van der Waals surface area contributed by atoms with Gasteiger partial charge in [0.25, 0.3) is 0 Å². The van der Waals surface area contributed by atoms with Gasteiger partial charge in [0.15, 0.2) is 5.78 Å². The van der Waals surface area contributed by atoms with Gasteiger partial charge in [-0.15, -0.1) is 0 Å². The molecule has 3 fully saturated rings. The van der Waals surface area contributed by atoms with Gasteiger partial charge in [0.1, 0.15) is 17.8 Å². The molecule has 7 nitrogen and oxygen atoms in total. The normalized spacial score (nSPS) is 45.2. The maximum atomic E-state index is 12.4. The van der Waals surface area contributed by atoms with Crippen molar-refractivity contribution in [3.63, 3.8) is 0 Å². The average Bonchev–Trinajstić information content (AvgIpc) is 2.89. The fraction of sp³-hybridized carbons (Fsp3) is 0.737. The highest BCUT2D eigenvalue weighted by atomic mass is 16.6. The predicted molar refractivity (Wildman–Crippen MR) is 89.7 cm³/mol. The van der Waals surface area contributed by atoms with Gasteiger partial charge in [0, 0.05) is 30.3 Å². The first-order valence-corrected chi connectivity index (χ1v) is 8.96. The van der Waals surface area contributed by atoms with Gasteiger partial charge >= 0.3 is 11.9 Å². The highest BCUT2D eigenvalue weighted by Gasteiger charge is 2.66. The quantitative estimate of drug-likeness (QED) is 0.548. The van der Waals surface area contributed by atoms with Crippen LogP contribution >= 0.6 is 0 Å². The zero-order valence-electron chi connectivity index (χ0n) is 15.5. The molecule has 2 N–H and O–H groups in total. The fourth-order valence-electron chi connectivity index (χ4n) is 4.69. The molecule has 0 bridgehead atoms.